The third-order valence-electron chi connectivity index (χ3n) is 4.09. The molecule has 1 amide bonds. The fourth-order valence-corrected chi connectivity index (χ4v) is 2.90. The molecule has 1 aromatic heterocycles. The molecule has 0 fully saturated rings. The van der Waals surface area contributed by atoms with Gasteiger partial charge in [0.1, 0.15) is 11.9 Å². The van der Waals surface area contributed by atoms with Crippen LogP contribution in [0.3, 0.4) is 0 Å². The lowest BCUT2D eigenvalue weighted by atomic mass is 10.1. The number of ether oxygens (including phenoxy) is 1. The number of hydrogen-bond donors (Lipinski definition) is 2. The van der Waals surface area contributed by atoms with Gasteiger partial charge in [0.25, 0.3) is 5.91 Å². The van der Waals surface area contributed by atoms with Gasteiger partial charge in [0.2, 0.25) is 0 Å². The van der Waals surface area contributed by atoms with Crippen molar-refractivity contribution in [2.75, 3.05) is 17.3 Å². The Morgan fingerprint density at radius 2 is 1.88 bits per heavy atom. The molecule has 120 valence electrons. The van der Waals surface area contributed by atoms with E-state index in [1.54, 1.807) is 18.2 Å². The van der Waals surface area contributed by atoms with Gasteiger partial charge in [0.05, 0.1) is 18.4 Å². The molecule has 1 aliphatic rings. The van der Waals surface area contributed by atoms with Crippen LogP contribution in [0.1, 0.15) is 22.2 Å². The Labute approximate surface area is 139 Å². The van der Waals surface area contributed by atoms with Crippen LogP contribution in [-0.4, -0.2) is 23.2 Å². The number of methoxy groups -OCH3 is 1. The van der Waals surface area contributed by atoms with E-state index >= 15 is 0 Å². The number of carbonyl (C=O) groups is 1. The summed E-state index contributed by atoms with van der Waals surface area (Å²) in [6, 6.07) is 16.8. The SMILES string of the molecule is COc1ccc(N2C(=O)c3ccccc3NC2c2ccn[nH]2)cc1. The number of nitrogens with zero attached hydrogens (tertiary/aromatic N) is 2. The molecule has 2 aromatic carbocycles. The minimum atomic E-state index is -0.358. The highest BCUT2D eigenvalue weighted by atomic mass is 16.5. The van der Waals surface area contributed by atoms with Gasteiger partial charge in [0, 0.05) is 17.6 Å². The second-order valence-electron chi connectivity index (χ2n) is 5.48. The van der Waals surface area contributed by atoms with Crippen LogP contribution in [0.2, 0.25) is 0 Å². The molecule has 1 aliphatic heterocycles. The number of H-pyrrole nitrogens is 1. The molecule has 2 N–H and O–H groups in total. The van der Waals surface area contributed by atoms with Gasteiger partial charge in [-0.15, -0.1) is 0 Å². The third-order valence-corrected chi connectivity index (χ3v) is 4.09. The first-order valence-electron chi connectivity index (χ1n) is 7.60. The van der Waals surface area contributed by atoms with Crippen LogP contribution in [0, 0.1) is 0 Å². The summed E-state index contributed by atoms with van der Waals surface area (Å²) >= 11 is 0. The highest BCUT2D eigenvalue weighted by Crippen LogP contribution is 2.36. The maximum Gasteiger partial charge on any atom is 0.262 e. The van der Waals surface area contributed by atoms with Gasteiger partial charge in [-0.3, -0.25) is 14.8 Å². The van der Waals surface area contributed by atoms with Gasteiger partial charge in [-0.1, -0.05) is 12.1 Å². The predicted octanol–water partition coefficient (Wildman–Crippen LogP) is 3.19. The Morgan fingerprint density at radius 1 is 1.08 bits per heavy atom. The topological polar surface area (TPSA) is 70.2 Å². The number of aromatic nitrogens is 2. The van der Waals surface area contributed by atoms with Crippen LogP contribution < -0.4 is 15.0 Å². The lowest BCUT2D eigenvalue weighted by Gasteiger charge is -2.37. The van der Waals surface area contributed by atoms with E-state index in [0.29, 0.717) is 5.56 Å². The van der Waals surface area contributed by atoms with Gasteiger partial charge in [-0.25, -0.2) is 0 Å². The first-order chi connectivity index (χ1) is 11.8. The maximum atomic E-state index is 13.1. The van der Waals surface area contributed by atoms with Gasteiger partial charge in [0.15, 0.2) is 0 Å². The molecule has 0 saturated carbocycles. The molecule has 2 heterocycles. The number of aromatic amines is 1. The van der Waals surface area contributed by atoms with Crippen LogP contribution >= 0.6 is 0 Å². The first kappa shape index (κ1) is 14.3. The van der Waals surface area contributed by atoms with E-state index in [2.05, 4.69) is 15.5 Å². The Kier molecular flexibility index (Phi) is 3.42. The summed E-state index contributed by atoms with van der Waals surface area (Å²) in [6.45, 7) is 0. The summed E-state index contributed by atoms with van der Waals surface area (Å²) in [5.41, 5.74) is 3.05. The standard InChI is InChI=1S/C18H16N4O2/c1-24-13-8-6-12(7-9-13)22-17(16-10-11-19-21-16)20-15-5-3-2-4-14(15)18(22)23/h2-11,17,20H,1H3,(H,19,21). The fraction of sp³-hybridized carbons (Fsp3) is 0.111. The Balaban J connectivity index is 1.82. The summed E-state index contributed by atoms with van der Waals surface area (Å²) in [5, 5.41) is 10.4. The van der Waals surface area contributed by atoms with E-state index in [-0.39, 0.29) is 12.1 Å². The van der Waals surface area contributed by atoms with E-state index in [1.165, 1.54) is 0 Å². The number of anilines is 2. The summed E-state index contributed by atoms with van der Waals surface area (Å²) in [6.07, 6.45) is 1.32. The third kappa shape index (κ3) is 2.28. The molecule has 24 heavy (non-hydrogen) atoms. The van der Waals surface area contributed by atoms with Crippen LogP contribution in [0.5, 0.6) is 5.75 Å². The number of rotatable bonds is 3. The van der Waals surface area contributed by atoms with E-state index in [4.69, 9.17) is 4.74 Å². The Bertz CT molecular complexity index is 859. The monoisotopic (exact) mass is 320 g/mol. The van der Waals surface area contributed by atoms with E-state index in [0.717, 1.165) is 22.8 Å². The van der Waals surface area contributed by atoms with Crippen LogP contribution in [-0.2, 0) is 0 Å². The van der Waals surface area contributed by atoms with Crippen molar-refractivity contribution >= 4 is 17.3 Å². The molecular formula is C18H16N4O2. The average Bonchev–Trinajstić information content (AvgIpc) is 3.16. The number of fused-ring (bicyclic) bond motifs is 1. The van der Waals surface area contributed by atoms with Gasteiger partial charge in [-0.2, -0.15) is 5.10 Å². The molecule has 1 atom stereocenters. The molecule has 4 rings (SSSR count). The minimum absolute atomic E-state index is 0.0610. The largest absolute Gasteiger partial charge is 0.497 e. The smallest absolute Gasteiger partial charge is 0.262 e. The maximum absolute atomic E-state index is 13.1. The predicted molar refractivity (Wildman–Crippen MR) is 91.2 cm³/mol. The highest BCUT2D eigenvalue weighted by molar-refractivity contribution is 6.12. The molecule has 0 radical (unpaired) electrons. The zero-order valence-corrected chi connectivity index (χ0v) is 13.1. The number of amides is 1. The fourth-order valence-electron chi connectivity index (χ4n) is 2.90. The zero-order valence-electron chi connectivity index (χ0n) is 13.1. The van der Waals surface area contributed by atoms with Gasteiger partial charge < -0.3 is 10.1 Å². The summed E-state index contributed by atoms with van der Waals surface area (Å²) < 4.78 is 5.20. The van der Waals surface area contributed by atoms with Crippen LogP contribution in [0.15, 0.2) is 60.8 Å². The van der Waals surface area contributed by atoms with Crippen molar-refractivity contribution in [1.29, 1.82) is 0 Å². The van der Waals surface area contributed by atoms with Crippen molar-refractivity contribution in [3.8, 4) is 5.75 Å². The molecule has 3 aromatic rings. The zero-order chi connectivity index (χ0) is 16.5. The summed E-state index contributed by atoms with van der Waals surface area (Å²) in [7, 11) is 1.62. The van der Waals surface area contributed by atoms with Crippen molar-refractivity contribution in [2.45, 2.75) is 6.17 Å². The lowest BCUT2D eigenvalue weighted by molar-refractivity contribution is 0.0974. The lowest BCUT2D eigenvalue weighted by Crippen LogP contribution is -2.43. The minimum Gasteiger partial charge on any atom is -0.497 e. The number of nitrogens with one attached hydrogen (secondary N) is 2. The number of carbonyl (C=O) groups excluding carboxylic acids is 1. The Hall–Kier alpha value is -3.28. The first-order valence-corrected chi connectivity index (χ1v) is 7.60. The van der Waals surface area contributed by atoms with E-state index < -0.39 is 0 Å². The van der Waals surface area contributed by atoms with Gasteiger partial charge >= 0.3 is 0 Å². The molecule has 0 saturated heterocycles. The summed E-state index contributed by atoms with van der Waals surface area (Å²) in [5.74, 6) is 0.684. The number of hydrogen-bond acceptors (Lipinski definition) is 4. The molecule has 6 heteroatoms. The normalized spacial score (nSPS) is 16.5. The van der Waals surface area contributed by atoms with Crippen LogP contribution in [0.4, 0.5) is 11.4 Å². The molecule has 0 spiro atoms. The summed E-state index contributed by atoms with van der Waals surface area (Å²) in [4.78, 5) is 14.8. The van der Waals surface area contributed by atoms with Crippen molar-refractivity contribution in [3.63, 3.8) is 0 Å². The second kappa shape index (κ2) is 5.73. The van der Waals surface area contributed by atoms with Crippen molar-refractivity contribution in [2.24, 2.45) is 0 Å². The number of benzene rings is 2. The second-order valence-corrected chi connectivity index (χ2v) is 5.48. The van der Waals surface area contributed by atoms with Crippen LogP contribution in [0.25, 0.3) is 0 Å². The Morgan fingerprint density at radius 3 is 2.58 bits per heavy atom. The highest BCUT2D eigenvalue weighted by Gasteiger charge is 2.34. The average molecular weight is 320 g/mol. The van der Waals surface area contributed by atoms with E-state index in [1.807, 2.05) is 54.6 Å². The van der Waals surface area contributed by atoms with Crippen molar-refractivity contribution < 1.29 is 9.53 Å². The van der Waals surface area contributed by atoms with Crippen molar-refractivity contribution in [1.82, 2.24) is 10.2 Å². The quantitative estimate of drug-likeness (QED) is 0.777. The molecule has 6 nitrogen and oxygen atoms in total. The molecular weight excluding hydrogens is 304 g/mol. The molecule has 1 unspecified atom stereocenters. The molecule has 0 aliphatic carbocycles. The molecule has 0 bridgehead atoms. The van der Waals surface area contributed by atoms with Gasteiger partial charge in [-0.05, 0) is 42.5 Å². The number of para-hydroxylation sites is 1. The van der Waals surface area contributed by atoms with Crippen molar-refractivity contribution in [3.05, 3.63) is 72.1 Å². The van der Waals surface area contributed by atoms with E-state index in [9.17, 15) is 4.79 Å².